The molecule has 3 fully saturated rings. The third kappa shape index (κ3) is 22.3. The Morgan fingerprint density at radius 2 is 0.804 bits per heavy atom. The van der Waals surface area contributed by atoms with E-state index >= 15 is 0 Å². The number of carbonyl (C=O) groups is 3. The average molecular weight is 1560 g/mol. The molecule has 0 saturated carbocycles. The van der Waals surface area contributed by atoms with Crippen LogP contribution in [-0.4, -0.2) is 216 Å². The predicted molar refractivity (Wildman–Crippen MR) is 427 cm³/mol. The van der Waals surface area contributed by atoms with Gasteiger partial charge in [0.2, 0.25) is 35.6 Å². The van der Waals surface area contributed by atoms with Gasteiger partial charge in [0.15, 0.2) is 34.9 Å². The van der Waals surface area contributed by atoms with Crippen LogP contribution in [0, 0.1) is 41.5 Å². The molecule has 570 valence electrons. The Balaban J connectivity index is 0.000000172. The van der Waals surface area contributed by atoms with Crippen LogP contribution in [0.2, 0.25) is 25.1 Å². The number of likely N-dealkylation sites (tertiary alicyclic amines) is 3. The van der Waals surface area contributed by atoms with Crippen LogP contribution in [-0.2, 0) is 14.4 Å². The van der Waals surface area contributed by atoms with Gasteiger partial charge >= 0.3 is 0 Å². The highest BCUT2D eigenvalue weighted by atomic mass is 35.5. The molecule has 107 heavy (non-hydrogen) atoms. The van der Waals surface area contributed by atoms with E-state index in [1.54, 1.807) is 25.6 Å². The molecular weight excluding hydrogens is 1470 g/mol. The molecule has 3 saturated heterocycles. The second-order valence-corrected chi connectivity index (χ2v) is 30.0. The first kappa shape index (κ1) is 80.4. The van der Waals surface area contributed by atoms with Crippen LogP contribution in [0.5, 0.6) is 5.75 Å². The highest BCUT2D eigenvalue weighted by molar-refractivity contribution is 6.36. The Bertz CT molecular complexity index is 4540. The zero-order chi connectivity index (χ0) is 76.8. The first-order valence-electron chi connectivity index (χ1n) is 35.4. The zero-order valence-corrected chi connectivity index (χ0v) is 66.5. The third-order valence-corrected chi connectivity index (χ3v) is 20.1. The number of rotatable bonds is 23. The second-order valence-electron chi connectivity index (χ2n) is 28.0. The van der Waals surface area contributed by atoms with Crippen molar-refractivity contribution in [2.24, 2.45) is 0 Å². The standard InChI is InChI=1S/C26H35ClN8O.C25H33ClN8O2.C23H27Cl3N8O/c1-16-13-22(29-26-28-15-21(27)25(31-26)30-23-14-18(3)32-33-23)17(2)12-20(16)19-6-10-35(11-7-19)24(36)8-9-34(4)5;1-15-10-18(17-6-8-34(9-7-17)23(35)14-33(3)4)21(36-5)12-20(15)28-25-27-13-19(26)24(30-25)29-22-11-16(2)31-32-22;1-13-8-20(32-31-13)29-22-18(26)11-27-23(30-22)28-19-10-16(24)15(9-17(19)25)14-4-6-34(7-5-14)21(35)12-33(2)3/h12-15,19H,6-11H2,1-5H3,(H3,28,29,30,31,32,33);10-13,17H,6-9,14H2,1-5H3,(H3,27,28,29,30,31,32);8-11,14H,4-7,12H2,1-3H3,(H3,27,28,29,30,31,32). The van der Waals surface area contributed by atoms with Crippen molar-refractivity contribution in [2.45, 2.75) is 104 Å². The maximum Gasteiger partial charge on any atom is 0.236 e. The number of H-pyrrole nitrogens is 3. The number of benzene rings is 3. The smallest absolute Gasteiger partial charge is 0.236 e. The van der Waals surface area contributed by atoms with Gasteiger partial charge in [-0.2, -0.15) is 30.2 Å². The number of piperidine rings is 3. The Kier molecular flexibility index (Phi) is 27.9. The molecule has 0 atom stereocenters. The molecule has 3 aliphatic heterocycles. The summed E-state index contributed by atoms with van der Waals surface area (Å²) < 4.78 is 5.77. The summed E-state index contributed by atoms with van der Waals surface area (Å²) in [6.07, 6.45) is 10.7. The first-order valence-corrected chi connectivity index (χ1v) is 37.3. The van der Waals surface area contributed by atoms with Crippen LogP contribution in [0.3, 0.4) is 0 Å². The van der Waals surface area contributed by atoms with Gasteiger partial charge in [-0.3, -0.25) is 29.7 Å². The van der Waals surface area contributed by atoms with E-state index in [1.807, 2.05) is 125 Å². The Morgan fingerprint density at radius 1 is 0.430 bits per heavy atom. The van der Waals surface area contributed by atoms with E-state index in [-0.39, 0.29) is 23.6 Å². The average Bonchev–Trinajstić information content (AvgIpc) is 1.38. The fourth-order valence-electron chi connectivity index (χ4n) is 13.0. The quantitative estimate of drug-likeness (QED) is 0.0287. The molecule has 6 aromatic heterocycles. The number of aromatic amines is 3. The van der Waals surface area contributed by atoms with Gasteiger partial charge in [-0.1, -0.05) is 70.1 Å². The van der Waals surface area contributed by atoms with Gasteiger partial charge in [0.05, 0.1) is 49.5 Å². The van der Waals surface area contributed by atoms with Gasteiger partial charge in [0.1, 0.15) is 20.8 Å². The van der Waals surface area contributed by atoms with Crippen molar-refractivity contribution in [3.05, 3.63) is 149 Å². The van der Waals surface area contributed by atoms with Gasteiger partial charge < -0.3 is 66.0 Å². The molecule has 28 nitrogen and oxygen atoms in total. The molecule has 3 aliphatic rings. The fourth-order valence-corrected chi connectivity index (χ4v) is 13.9. The monoisotopic (exact) mass is 1560 g/mol. The maximum absolute atomic E-state index is 12.5. The Hall–Kier alpha value is -9.13. The fraction of sp³-hybridized carbons (Fsp3) is 0.432. The number of nitrogens with one attached hydrogen (secondary N) is 9. The Morgan fingerprint density at radius 3 is 1.19 bits per heavy atom. The van der Waals surface area contributed by atoms with Crippen LogP contribution in [0.4, 0.5) is 69.8 Å². The number of hydrogen-bond acceptors (Lipinski definition) is 22. The van der Waals surface area contributed by atoms with E-state index in [2.05, 4.69) is 129 Å². The molecule has 33 heteroatoms. The minimum Gasteiger partial charge on any atom is -0.496 e. The predicted octanol–water partition coefficient (Wildman–Crippen LogP) is 14.4. The highest BCUT2D eigenvalue weighted by Gasteiger charge is 2.30. The lowest BCUT2D eigenvalue weighted by atomic mass is 9.85. The number of carbonyl (C=O) groups excluding carboxylic acids is 3. The van der Waals surface area contributed by atoms with Crippen LogP contribution in [0.1, 0.15) is 113 Å². The number of methoxy groups -OCH3 is 1. The topological polar surface area (TPSA) is 315 Å². The number of anilines is 12. The van der Waals surface area contributed by atoms with Gasteiger partial charge in [-0.25, -0.2) is 15.0 Å². The zero-order valence-electron chi connectivity index (χ0n) is 62.7. The molecule has 0 unspecified atom stereocenters. The van der Waals surface area contributed by atoms with E-state index in [4.69, 9.17) is 62.7 Å². The SMILES string of the molecule is COc1cc(Nc2ncc(Cl)c(Nc3cc(C)[nH]n3)n2)c(C)cc1C1CCN(C(=O)CN(C)C)CC1.Cc1cc(Nc2nc(Nc3cc(C)c(C4CCN(C(=O)CCN(C)C)CC4)cc3C)ncc2Cl)n[nH]1.Cc1cc(Nc2nc(Nc3cc(Cl)c(C4CCN(C(=O)CN(C)C)CC4)cc3Cl)ncc2Cl)n[nH]1. The van der Waals surface area contributed by atoms with E-state index in [1.165, 1.54) is 17.3 Å². The van der Waals surface area contributed by atoms with Crippen LogP contribution < -0.4 is 36.6 Å². The lowest BCUT2D eigenvalue weighted by molar-refractivity contribution is -0.133. The van der Waals surface area contributed by atoms with Crippen molar-refractivity contribution in [1.29, 1.82) is 0 Å². The molecule has 3 amide bonds. The molecule has 0 aliphatic carbocycles. The summed E-state index contributed by atoms with van der Waals surface area (Å²) in [6.45, 7) is 18.2. The van der Waals surface area contributed by atoms with E-state index in [0.717, 1.165) is 128 Å². The van der Waals surface area contributed by atoms with Gasteiger partial charge in [0.25, 0.3) is 0 Å². The van der Waals surface area contributed by atoms with E-state index < -0.39 is 0 Å². The number of aryl methyl sites for hydroxylation is 6. The lowest BCUT2D eigenvalue weighted by Crippen LogP contribution is -2.42. The summed E-state index contributed by atoms with van der Waals surface area (Å²) in [4.78, 5) is 75.4. The largest absolute Gasteiger partial charge is 0.496 e. The van der Waals surface area contributed by atoms with Gasteiger partial charge in [0, 0.05) is 110 Å². The summed E-state index contributed by atoms with van der Waals surface area (Å²) in [6, 6.07) is 17.8. The molecule has 0 radical (unpaired) electrons. The number of ether oxygens (including phenoxy) is 1. The minimum absolute atomic E-state index is 0.149. The lowest BCUT2D eigenvalue weighted by Gasteiger charge is -2.33. The van der Waals surface area contributed by atoms with Crippen molar-refractivity contribution in [2.75, 3.05) is 140 Å². The number of likely N-dealkylation sites (N-methyl/N-ethyl adjacent to an activating group) is 2. The minimum atomic E-state index is 0.149. The number of halogens is 5. The van der Waals surface area contributed by atoms with Gasteiger partial charge in [-0.05, 0) is 192 Å². The Labute approximate surface area is 649 Å². The molecule has 9 N–H and O–H groups in total. The summed E-state index contributed by atoms with van der Waals surface area (Å²) in [5.41, 5.74) is 12.0. The van der Waals surface area contributed by atoms with E-state index in [9.17, 15) is 14.4 Å². The maximum atomic E-state index is 12.5. The summed E-state index contributed by atoms with van der Waals surface area (Å²) in [5, 5.41) is 42.4. The summed E-state index contributed by atoms with van der Waals surface area (Å²) >= 11 is 32.1. The normalized spacial score (nSPS) is 14.3. The first-order chi connectivity index (χ1) is 51.1. The van der Waals surface area contributed by atoms with Gasteiger partial charge in [-0.15, -0.1) is 0 Å². The number of hydrogen-bond donors (Lipinski definition) is 9. The highest BCUT2D eigenvalue weighted by Crippen LogP contribution is 2.42. The number of aromatic nitrogens is 12. The van der Waals surface area contributed by atoms with Crippen molar-refractivity contribution in [3.63, 3.8) is 0 Å². The molecule has 9 heterocycles. The third-order valence-electron chi connectivity index (χ3n) is 18.6. The van der Waals surface area contributed by atoms with Crippen LogP contribution >= 0.6 is 58.0 Å². The van der Waals surface area contributed by atoms with Crippen LogP contribution in [0.25, 0.3) is 0 Å². The molecule has 12 rings (SSSR count). The van der Waals surface area contributed by atoms with Crippen molar-refractivity contribution in [1.82, 2.24) is 89.9 Å². The van der Waals surface area contributed by atoms with Crippen LogP contribution in [0.15, 0.2) is 73.2 Å². The molecule has 9 aromatic rings. The molecule has 0 spiro atoms. The number of amides is 3. The van der Waals surface area contributed by atoms with Crippen molar-refractivity contribution >= 4 is 146 Å². The summed E-state index contributed by atoms with van der Waals surface area (Å²) in [7, 11) is 13.3. The van der Waals surface area contributed by atoms with E-state index in [0.29, 0.717) is 128 Å². The van der Waals surface area contributed by atoms with Crippen molar-refractivity contribution < 1.29 is 19.1 Å². The number of nitrogens with zero attached hydrogens (tertiary/aromatic N) is 15. The molecule has 3 aromatic carbocycles. The molecule has 0 bridgehead atoms. The second kappa shape index (κ2) is 37.1. The summed E-state index contributed by atoms with van der Waals surface area (Å²) in [5.74, 6) is 6.78. The van der Waals surface area contributed by atoms with Crippen molar-refractivity contribution in [3.8, 4) is 5.75 Å². The molecular formula is C74H95Cl5N24O4.